The molecule has 2 aliphatic rings. The summed E-state index contributed by atoms with van der Waals surface area (Å²) in [4.78, 5) is 41.2. The number of carbonyl (C=O) groups excluding carboxylic acids is 3. The first-order valence-corrected chi connectivity index (χ1v) is 9.57. The Labute approximate surface area is 159 Å². The van der Waals surface area contributed by atoms with Gasteiger partial charge in [0.05, 0.1) is 6.61 Å². The van der Waals surface area contributed by atoms with Crippen LogP contribution in [0.2, 0.25) is 0 Å². The van der Waals surface area contributed by atoms with Crippen LogP contribution in [0.4, 0.5) is 10.5 Å². The van der Waals surface area contributed by atoms with Gasteiger partial charge in [0.15, 0.2) is 0 Å². The maximum Gasteiger partial charge on any atom is 0.325 e. The van der Waals surface area contributed by atoms with Gasteiger partial charge in [-0.1, -0.05) is 18.2 Å². The van der Waals surface area contributed by atoms with Gasteiger partial charge < -0.3 is 19.9 Å². The van der Waals surface area contributed by atoms with Gasteiger partial charge >= 0.3 is 12.0 Å². The van der Waals surface area contributed by atoms with Crippen LogP contribution in [0.5, 0.6) is 0 Å². The highest BCUT2D eigenvalue weighted by atomic mass is 16.5. The van der Waals surface area contributed by atoms with Crippen LogP contribution >= 0.6 is 0 Å². The Morgan fingerprint density at radius 3 is 2.59 bits per heavy atom. The molecule has 2 aliphatic heterocycles. The van der Waals surface area contributed by atoms with E-state index in [0.29, 0.717) is 25.9 Å². The maximum absolute atomic E-state index is 13.2. The minimum Gasteiger partial charge on any atom is -0.465 e. The van der Waals surface area contributed by atoms with Gasteiger partial charge in [0, 0.05) is 18.8 Å². The molecule has 1 atom stereocenters. The number of hydrogen-bond donors (Lipinski definition) is 1. The van der Waals surface area contributed by atoms with Crippen LogP contribution in [-0.4, -0.2) is 59.5 Å². The van der Waals surface area contributed by atoms with E-state index in [1.54, 1.807) is 16.7 Å². The fraction of sp³-hybridized carbons (Fsp3) is 0.550. The second-order valence-corrected chi connectivity index (χ2v) is 7.17. The average molecular weight is 373 g/mol. The van der Waals surface area contributed by atoms with Crippen molar-refractivity contribution in [1.29, 1.82) is 0 Å². The molecule has 3 amide bonds. The van der Waals surface area contributed by atoms with Gasteiger partial charge in [0.25, 0.3) is 0 Å². The molecular formula is C20H27N3O4. The molecule has 27 heavy (non-hydrogen) atoms. The highest BCUT2D eigenvalue weighted by Gasteiger charge is 2.53. The van der Waals surface area contributed by atoms with Crippen LogP contribution in [-0.2, 0) is 14.3 Å². The number of anilines is 1. The number of ether oxygens (including phenoxy) is 1. The third-order valence-electron chi connectivity index (χ3n) is 5.45. The van der Waals surface area contributed by atoms with Crippen LogP contribution < -0.4 is 5.32 Å². The first kappa shape index (κ1) is 19.2. The van der Waals surface area contributed by atoms with Crippen LogP contribution in [0.1, 0.15) is 38.2 Å². The Balaban J connectivity index is 1.76. The third-order valence-corrected chi connectivity index (χ3v) is 5.45. The molecule has 0 saturated carbocycles. The number of rotatable bonds is 4. The number of hydrogen-bond acceptors (Lipinski definition) is 4. The Hall–Kier alpha value is -2.57. The lowest BCUT2D eigenvalue weighted by atomic mass is 9.85. The average Bonchev–Trinajstić information content (AvgIpc) is 3.06. The number of para-hydroxylation sites is 1. The second kappa shape index (κ2) is 7.98. The molecule has 2 heterocycles. The lowest BCUT2D eigenvalue weighted by molar-refractivity contribution is -0.155. The molecule has 0 aliphatic carbocycles. The molecule has 0 radical (unpaired) electrons. The molecular weight excluding hydrogens is 346 g/mol. The Morgan fingerprint density at radius 1 is 1.19 bits per heavy atom. The van der Waals surface area contributed by atoms with Crippen molar-refractivity contribution in [2.75, 3.05) is 31.6 Å². The number of benzene rings is 1. The molecule has 0 bridgehead atoms. The minimum atomic E-state index is -0.850. The topological polar surface area (TPSA) is 79.0 Å². The molecule has 1 N–H and O–H groups in total. The molecule has 2 saturated heterocycles. The van der Waals surface area contributed by atoms with Gasteiger partial charge in [-0.3, -0.25) is 9.59 Å². The molecule has 7 heteroatoms. The quantitative estimate of drug-likeness (QED) is 0.823. The molecule has 146 valence electrons. The smallest absolute Gasteiger partial charge is 0.325 e. The Bertz CT molecular complexity index is 736. The molecule has 1 aromatic rings. The highest BCUT2D eigenvalue weighted by molar-refractivity contribution is 5.98. The number of nitrogens with one attached hydrogen (secondary N) is 1. The third kappa shape index (κ3) is 3.77. The van der Waals surface area contributed by atoms with Crippen molar-refractivity contribution in [3.8, 4) is 0 Å². The second-order valence-electron chi connectivity index (χ2n) is 7.17. The lowest BCUT2D eigenvalue weighted by Gasteiger charge is -2.44. The molecule has 2 fully saturated rings. The van der Waals surface area contributed by atoms with E-state index in [-0.39, 0.29) is 25.1 Å². The summed E-state index contributed by atoms with van der Waals surface area (Å²) in [6, 6.07) is 7.32. The summed E-state index contributed by atoms with van der Waals surface area (Å²) in [7, 11) is 0. The molecule has 1 spiro atoms. The fourth-order valence-corrected chi connectivity index (χ4v) is 4.13. The number of urea groups is 1. The summed E-state index contributed by atoms with van der Waals surface area (Å²) < 4.78 is 4.98. The van der Waals surface area contributed by atoms with Crippen molar-refractivity contribution in [3.05, 3.63) is 29.8 Å². The van der Waals surface area contributed by atoms with E-state index in [0.717, 1.165) is 24.1 Å². The largest absolute Gasteiger partial charge is 0.465 e. The number of aryl methyl sites for hydroxylation is 1. The van der Waals surface area contributed by atoms with Gasteiger partial charge in [0.2, 0.25) is 5.91 Å². The van der Waals surface area contributed by atoms with Gasteiger partial charge in [-0.15, -0.1) is 0 Å². The van der Waals surface area contributed by atoms with Gasteiger partial charge in [0.1, 0.15) is 12.1 Å². The van der Waals surface area contributed by atoms with Crippen LogP contribution in [0, 0.1) is 6.92 Å². The number of amides is 3. The van der Waals surface area contributed by atoms with Crippen molar-refractivity contribution in [2.45, 2.75) is 45.1 Å². The molecule has 0 aromatic heterocycles. The molecule has 1 aromatic carbocycles. The predicted octanol–water partition coefficient (Wildman–Crippen LogP) is 2.55. The zero-order valence-corrected chi connectivity index (χ0v) is 16.0. The fourth-order valence-electron chi connectivity index (χ4n) is 4.13. The molecule has 1 unspecified atom stereocenters. The van der Waals surface area contributed by atoms with E-state index >= 15 is 0 Å². The summed E-state index contributed by atoms with van der Waals surface area (Å²) in [5.74, 6) is -0.545. The summed E-state index contributed by atoms with van der Waals surface area (Å²) in [5.41, 5.74) is 0.867. The SMILES string of the molecule is CCOC(=O)CN1CCCC2(CCCN2C(=O)Nc2ccccc2C)C1=O. The first-order valence-electron chi connectivity index (χ1n) is 9.57. The van der Waals surface area contributed by atoms with E-state index in [1.165, 1.54) is 0 Å². The van der Waals surface area contributed by atoms with Crippen molar-refractivity contribution in [3.63, 3.8) is 0 Å². The zero-order chi connectivity index (χ0) is 19.4. The maximum atomic E-state index is 13.2. The summed E-state index contributed by atoms with van der Waals surface area (Å²) in [6.45, 7) is 4.97. The minimum absolute atomic E-state index is 0.0539. The van der Waals surface area contributed by atoms with Gasteiger partial charge in [-0.25, -0.2) is 4.79 Å². The van der Waals surface area contributed by atoms with Crippen LogP contribution in [0.3, 0.4) is 0 Å². The summed E-state index contributed by atoms with van der Waals surface area (Å²) >= 11 is 0. The van der Waals surface area contributed by atoms with E-state index in [1.807, 2.05) is 31.2 Å². The predicted molar refractivity (Wildman–Crippen MR) is 101 cm³/mol. The standard InChI is InChI=1S/C20H27N3O4/c1-3-27-17(24)14-22-12-6-10-20(18(22)25)11-7-13-23(20)19(26)21-16-9-5-4-8-15(16)2/h4-5,8-9H,3,6-7,10-14H2,1-2H3,(H,21,26). The van der Waals surface area contributed by atoms with Crippen molar-refractivity contribution < 1.29 is 19.1 Å². The van der Waals surface area contributed by atoms with E-state index in [4.69, 9.17) is 4.74 Å². The number of esters is 1. The Morgan fingerprint density at radius 2 is 1.89 bits per heavy atom. The summed E-state index contributed by atoms with van der Waals surface area (Å²) in [6.07, 6.45) is 2.80. The highest BCUT2D eigenvalue weighted by Crippen LogP contribution is 2.38. The van der Waals surface area contributed by atoms with Gasteiger partial charge in [-0.2, -0.15) is 0 Å². The Kier molecular flexibility index (Phi) is 5.68. The number of nitrogens with zero attached hydrogens (tertiary/aromatic N) is 2. The van der Waals surface area contributed by atoms with Crippen molar-refractivity contribution >= 4 is 23.6 Å². The number of likely N-dealkylation sites (tertiary alicyclic amines) is 2. The van der Waals surface area contributed by atoms with Crippen molar-refractivity contribution in [1.82, 2.24) is 9.80 Å². The van der Waals surface area contributed by atoms with E-state index in [2.05, 4.69) is 5.32 Å². The van der Waals surface area contributed by atoms with Crippen molar-refractivity contribution in [2.24, 2.45) is 0 Å². The monoisotopic (exact) mass is 373 g/mol. The van der Waals surface area contributed by atoms with Crippen LogP contribution in [0.15, 0.2) is 24.3 Å². The van der Waals surface area contributed by atoms with E-state index < -0.39 is 11.5 Å². The number of carbonyl (C=O) groups is 3. The molecule has 7 nitrogen and oxygen atoms in total. The summed E-state index contributed by atoms with van der Waals surface area (Å²) in [5, 5.41) is 2.94. The normalized spacial score (nSPS) is 22.2. The van der Waals surface area contributed by atoms with Crippen LogP contribution in [0.25, 0.3) is 0 Å². The van der Waals surface area contributed by atoms with Gasteiger partial charge in [-0.05, 0) is 51.2 Å². The lowest BCUT2D eigenvalue weighted by Crippen LogP contribution is -2.62. The van der Waals surface area contributed by atoms with E-state index in [9.17, 15) is 14.4 Å². The number of piperidine rings is 1. The zero-order valence-electron chi connectivity index (χ0n) is 16.0. The first-order chi connectivity index (χ1) is 13.0. The molecule has 3 rings (SSSR count).